The summed E-state index contributed by atoms with van der Waals surface area (Å²) in [7, 11) is 0. The number of benzene rings is 1. The maximum atomic E-state index is 13.7. The van der Waals surface area contributed by atoms with Crippen molar-refractivity contribution in [3.63, 3.8) is 0 Å². The Kier molecular flexibility index (Phi) is 9.54. The maximum Gasteiger partial charge on any atom is 0.409 e. The highest BCUT2D eigenvalue weighted by molar-refractivity contribution is 6.30. The largest absolute Gasteiger partial charge is 0.424 e. The van der Waals surface area contributed by atoms with Crippen LogP contribution in [0.3, 0.4) is 0 Å². The molecule has 0 bridgehead atoms. The van der Waals surface area contributed by atoms with Gasteiger partial charge in [0.05, 0.1) is 18.4 Å². The van der Waals surface area contributed by atoms with Crippen LogP contribution in [-0.4, -0.2) is 60.4 Å². The summed E-state index contributed by atoms with van der Waals surface area (Å²) in [5, 5.41) is 15.5. The third-order valence-corrected chi connectivity index (χ3v) is 5.41. The molecule has 0 radical (unpaired) electrons. The Morgan fingerprint density at radius 3 is 2.55 bits per heavy atom. The monoisotopic (exact) mass is 454 g/mol. The van der Waals surface area contributed by atoms with Gasteiger partial charge in [-0.3, -0.25) is 14.8 Å². The van der Waals surface area contributed by atoms with Crippen molar-refractivity contribution in [2.45, 2.75) is 39.3 Å². The maximum absolute atomic E-state index is 13.7. The highest BCUT2D eigenvalue weighted by Gasteiger charge is 2.40. The number of nitrogens with zero attached hydrogens (tertiary/aromatic N) is 1. The molecule has 10 heteroatoms. The van der Waals surface area contributed by atoms with E-state index in [0.717, 1.165) is 0 Å². The molecule has 0 aliphatic carbocycles. The van der Waals surface area contributed by atoms with Gasteiger partial charge in [0.15, 0.2) is 6.23 Å². The predicted molar refractivity (Wildman–Crippen MR) is 116 cm³/mol. The Balaban J connectivity index is 2.30. The first-order valence-electron chi connectivity index (χ1n) is 10.4. The number of alkyl carbamates (subject to hydrolysis) is 1. The molecule has 1 fully saturated rings. The molecule has 3 amide bonds. The van der Waals surface area contributed by atoms with Gasteiger partial charge in [0.25, 0.3) is 0 Å². The summed E-state index contributed by atoms with van der Waals surface area (Å²) < 4.78 is 5.50. The molecule has 31 heavy (non-hydrogen) atoms. The van der Waals surface area contributed by atoms with Crippen LogP contribution < -0.4 is 16.1 Å². The van der Waals surface area contributed by atoms with E-state index in [1.807, 2.05) is 13.8 Å². The number of amides is 3. The van der Waals surface area contributed by atoms with E-state index in [1.54, 1.807) is 36.7 Å². The fourth-order valence-corrected chi connectivity index (χ4v) is 3.67. The molecule has 1 saturated heterocycles. The van der Waals surface area contributed by atoms with Crippen molar-refractivity contribution in [3.05, 3.63) is 34.9 Å². The predicted octanol–water partition coefficient (Wildman–Crippen LogP) is 2.10. The van der Waals surface area contributed by atoms with Gasteiger partial charge in [0.2, 0.25) is 11.8 Å². The summed E-state index contributed by atoms with van der Waals surface area (Å²) in [4.78, 5) is 39.7. The molecular weight excluding hydrogens is 424 g/mol. The summed E-state index contributed by atoms with van der Waals surface area (Å²) in [5.41, 5.74) is 2.25. The molecule has 4 N–H and O–H groups in total. The lowest BCUT2D eigenvalue weighted by Crippen LogP contribution is -2.58. The molecule has 1 aliphatic heterocycles. The first kappa shape index (κ1) is 24.9. The molecule has 0 saturated carbocycles. The minimum absolute atomic E-state index is 0.256. The van der Waals surface area contributed by atoms with Gasteiger partial charge in [-0.15, -0.1) is 0 Å². The Morgan fingerprint density at radius 1 is 1.29 bits per heavy atom. The fourth-order valence-electron chi connectivity index (χ4n) is 3.54. The second-order valence-electron chi connectivity index (χ2n) is 7.89. The van der Waals surface area contributed by atoms with Crippen molar-refractivity contribution >= 4 is 29.5 Å². The number of carbonyl (C=O) groups excluding carboxylic acids is 3. The van der Waals surface area contributed by atoms with Crippen LogP contribution >= 0.6 is 11.6 Å². The zero-order chi connectivity index (χ0) is 23.0. The SMILES string of the molecule is CC[C@H](C(=O)NO)[C@H](C(=O)N1CCNC[C@@H]1OC(=O)NCC(C)C)c1ccc(Cl)cc1. The van der Waals surface area contributed by atoms with Crippen molar-refractivity contribution in [3.8, 4) is 0 Å². The highest BCUT2D eigenvalue weighted by Crippen LogP contribution is 2.31. The molecule has 0 aromatic heterocycles. The lowest BCUT2D eigenvalue weighted by atomic mass is 9.82. The van der Waals surface area contributed by atoms with E-state index in [0.29, 0.717) is 36.6 Å². The van der Waals surface area contributed by atoms with Crippen LogP contribution in [0.2, 0.25) is 5.02 Å². The Bertz CT molecular complexity index is 759. The molecule has 1 aliphatic rings. The smallest absolute Gasteiger partial charge is 0.409 e. The average molecular weight is 455 g/mol. The molecule has 2 rings (SSSR count). The van der Waals surface area contributed by atoms with Crippen LogP contribution in [0.1, 0.15) is 38.7 Å². The molecular formula is C21H31ClN4O5. The minimum Gasteiger partial charge on any atom is -0.424 e. The van der Waals surface area contributed by atoms with Crippen molar-refractivity contribution < 1.29 is 24.3 Å². The fraction of sp³-hybridized carbons (Fsp3) is 0.571. The molecule has 1 heterocycles. The molecule has 1 aromatic carbocycles. The van der Waals surface area contributed by atoms with Crippen LogP contribution in [0.5, 0.6) is 0 Å². The average Bonchev–Trinajstić information content (AvgIpc) is 2.76. The van der Waals surface area contributed by atoms with Crippen LogP contribution in [0.15, 0.2) is 24.3 Å². The number of ether oxygens (including phenoxy) is 1. The molecule has 0 unspecified atom stereocenters. The summed E-state index contributed by atoms with van der Waals surface area (Å²) in [6, 6.07) is 6.66. The second-order valence-corrected chi connectivity index (χ2v) is 8.33. The molecule has 9 nitrogen and oxygen atoms in total. The van der Waals surface area contributed by atoms with Gasteiger partial charge in [-0.25, -0.2) is 10.3 Å². The van der Waals surface area contributed by atoms with E-state index in [4.69, 9.17) is 16.3 Å². The Labute approximate surface area is 187 Å². The first-order valence-corrected chi connectivity index (χ1v) is 10.8. The molecule has 3 atom stereocenters. The van der Waals surface area contributed by atoms with E-state index < -0.39 is 30.1 Å². The molecule has 0 spiro atoms. The van der Waals surface area contributed by atoms with Crippen LogP contribution in [0.25, 0.3) is 0 Å². The van der Waals surface area contributed by atoms with Crippen LogP contribution in [0.4, 0.5) is 4.79 Å². The highest BCUT2D eigenvalue weighted by atomic mass is 35.5. The summed E-state index contributed by atoms with van der Waals surface area (Å²) in [5.74, 6) is -2.45. The zero-order valence-corrected chi connectivity index (χ0v) is 18.8. The van der Waals surface area contributed by atoms with Crippen molar-refractivity contribution in [2.24, 2.45) is 11.8 Å². The second kappa shape index (κ2) is 11.9. The third-order valence-electron chi connectivity index (χ3n) is 5.16. The van der Waals surface area contributed by atoms with Gasteiger partial charge in [0, 0.05) is 24.7 Å². The van der Waals surface area contributed by atoms with Crippen LogP contribution in [0, 0.1) is 11.8 Å². The number of piperazine rings is 1. The molecule has 172 valence electrons. The topological polar surface area (TPSA) is 120 Å². The van der Waals surface area contributed by atoms with Crippen molar-refractivity contribution in [1.29, 1.82) is 0 Å². The number of hydrogen-bond acceptors (Lipinski definition) is 6. The van der Waals surface area contributed by atoms with Gasteiger partial charge in [0.1, 0.15) is 0 Å². The Hall–Kier alpha value is -2.36. The van der Waals surface area contributed by atoms with E-state index >= 15 is 0 Å². The van der Waals surface area contributed by atoms with E-state index in [9.17, 15) is 19.6 Å². The normalized spacial score (nSPS) is 18.3. The number of carbonyl (C=O) groups is 3. The lowest BCUT2D eigenvalue weighted by molar-refractivity contribution is -0.150. The summed E-state index contributed by atoms with van der Waals surface area (Å²) in [6.07, 6.45) is -1.11. The molecule has 1 aromatic rings. The van der Waals surface area contributed by atoms with Crippen LogP contribution in [-0.2, 0) is 14.3 Å². The van der Waals surface area contributed by atoms with Gasteiger partial charge >= 0.3 is 6.09 Å². The first-order chi connectivity index (χ1) is 14.8. The van der Waals surface area contributed by atoms with E-state index in [-0.39, 0.29) is 18.4 Å². The summed E-state index contributed by atoms with van der Waals surface area (Å²) in [6.45, 7) is 7.25. The van der Waals surface area contributed by atoms with Crippen molar-refractivity contribution in [1.82, 2.24) is 21.0 Å². The van der Waals surface area contributed by atoms with Gasteiger partial charge in [-0.1, -0.05) is 44.5 Å². The van der Waals surface area contributed by atoms with Crippen molar-refractivity contribution in [2.75, 3.05) is 26.2 Å². The number of rotatable bonds is 8. The standard InChI is InChI=1S/C21H31ClN4O5/c1-4-16(19(27)25-30)18(14-5-7-15(22)8-6-14)20(28)26-10-9-23-12-17(26)31-21(29)24-11-13(2)3/h5-8,13,16-18,23,30H,4,9-12H2,1-3H3,(H,24,29)(H,25,27)/t16-,17-,18+/m0/s1. The number of hydrogen-bond donors (Lipinski definition) is 4. The van der Waals surface area contributed by atoms with E-state index in [2.05, 4.69) is 10.6 Å². The zero-order valence-electron chi connectivity index (χ0n) is 18.1. The quantitative estimate of drug-likeness (QED) is 0.352. The number of nitrogens with one attached hydrogen (secondary N) is 3. The van der Waals surface area contributed by atoms with E-state index in [1.165, 1.54) is 4.90 Å². The lowest BCUT2D eigenvalue weighted by Gasteiger charge is -2.38. The van der Waals surface area contributed by atoms with Gasteiger partial charge < -0.3 is 20.3 Å². The number of hydroxylamine groups is 1. The third kappa shape index (κ3) is 6.81. The van der Waals surface area contributed by atoms with Gasteiger partial charge in [-0.2, -0.15) is 0 Å². The minimum atomic E-state index is -0.877. The Morgan fingerprint density at radius 2 is 1.97 bits per heavy atom. The number of halogens is 1. The van der Waals surface area contributed by atoms with Gasteiger partial charge in [-0.05, 0) is 30.0 Å². The summed E-state index contributed by atoms with van der Waals surface area (Å²) >= 11 is 5.99.